The molecule has 5 rings (SSSR count). The quantitative estimate of drug-likeness (QED) is 0.541. The summed E-state index contributed by atoms with van der Waals surface area (Å²) >= 11 is 0. The second-order valence-electron chi connectivity index (χ2n) is 10.0. The fraction of sp³-hybridized carbons (Fsp3) is 0.458. The fourth-order valence-electron chi connectivity index (χ4n) is 5.71. The van der Waals surface area contributed by atoms with Crippen molar-refractivity contribution in [2.24, 2.45) is 0 Å². The molecule has 2 saturated heterocycles. The Labute approximate surface area is 191 Å². The van der Waals surface area contributed by atoms with E-state index in [0.717, 1.165) is 31.7 Å². The minimum absolute atomic E-state index is 0.0219. The van der Waals surface area contributed by atoms with Crippen LogP contribution in [-0.2, 0) is 0 Å². The third-order valence-corrected chi connectivity index (χ3v) is 7.21. The van der Waals surface area contributed by atoms with E-state index >= 15 is 4.39 Å². The van der Waals surface area contributed by atoms with Crippen molar-refractivity contribution in [2.75, 3.05) is 11.9 Å². The number of fused-ring (bicyclic) bond motifs is 2. The molecule has 33 heavy (non-hydrogen) atoms. The summed E-state index contributed by atoms with van der Waals surface area (Å²) in [5.41, 5.74) is 0.880. The first-order valence-electron chi connectivity index (χ1n) is 11.2. The van der Waals surface area contributed by atoms with Crippen molar-refractivity contribution < 1.29 is 13.9 Å². The smallest absolute Gasteiger partial charge is 0.187 e. The third kappa shape index (κ3) is 3.94. The fourth-order valence-corrected chi connectivity index (χ4v) is 5.71. The highest BCUT2D eigenvalue weighted by molar-refractivity contribution is 5.74. The topological polar surface area (TPSA) is 90.0 Å². The largest absolute Gasteiger partial charge is 0.507 e. The van der Waals surface area contributed by atoms with Gasteiger partial charge in [-0.25, -0.2) is 8.78 Å². The van der Waals surface area contributed by atoms with Crippen LogP contribution in [0.15, 0.2) is 30.6 Å². The van der Waals surface area contributed by atoms with Crippen molar-refractivity contribution >= 4 is 5.82 Å². The molecule has 4 heterocycles. The van der Waals surface area contributed by atoms with Crippen LogP contribution in [0.1, 0.15) is 46.0 Å². The summed E-state index contributed by atoms with van der Waals surface area (Å²) in [5, 5.41) is 29.0. The number of aromatic hydroxyl groups is 1. The Morgan fingerprint density at radius 1 is 1.03 bits per heavy atom. The van der Waals surface area contributed by atoms with Gasteiger partial charge in [0.05, 0.1) is 11.9 Å². The minimum atomic E-state index is -0.574. The molecule has 2 bridgehead atoms. The lowest BCUT2D eigenvalue weighted by Gasteiger charge is -2.55. The van der Waals surface area contributed by atoms with E-state index in [0.29, 0.717) is 5.56 Å². The van der Waals surface area contributed by atoms with Gasteiger partial charge in [0.1, 0.15) is 11.6 Å². The van der Waals surface area contributed by atoms with Crippen LogP contribution in [0.25, 0.3) is 22.4 Å². The molecule has 2 aliphatic heterocycles. The van der Waals surface area contributed by atoms with Crippen LogP contribution in [0.3, 0.4) is 0 Å². The SMILES string of the molecule is CN(c1nnc(-c2cc(F)c(-c3cn[nH]c3)cc2O)cc1F)C1C[C@]2(C)CCC[C@](C)(C1)N2. The van der Waals surface area contributed by atoms with Gasteiger partial charge in [0, 0.05) is 53.1 Å². The number of benzene rings is 1. The van der Waals surface area contributed by atoms with E-state index in [-0.39, 0.29) is 45.5 Å². The highest BCUT2D eigenvalue weighted by Crippen LogP contribution is 2.42. The molecule has 0 radical (unpaired) electrons. The number of phenolic OH excluding ortho intramolecular Hbond substituents is 1. The number of nitrogens with one attached hydrogen (secondary N) is 2. The van der Waals surface area contributed by atoms with E-state index in [4.69, 9.17) is 0 Å². The highest BCUT2D eigenvalue weighted by atomic mass is 19.1. The number of halogens is 2. The van der Waals surface area contributed by atoms with Crippen molar-refractivity contribution in [3.05, 3.63) is 42.2 Å². The Morgan fingerprint density at radius 3 is 2.39 bits per heavy atom. The summed E-state index contributed by atoms with van der Waals surface area (Å²) in [6, 6.07) is 3.75. The van der Waals surface area contributed by atoms with Crippen LogP contribution < -0.4 is 10.2 Å². The number of piperidine rings is 2. The monoisotopic (exact) mass is 454 g/mol. The first-order valence-corrected chi connectivity index (χ1v) is 11.2. The van der Waals surface area contributed by atoms with Crippen LogP contribution in [0.2, 0.25) is 0 Å². The summed E-state index contributed by atoms with van der Waals surface area (Å²) in [6.45, 7) is 4.47. The van der Waals surface area contributed by atoms with Gasteiger partial charge in [0.15, 0.2) is 11.6 Å². The zero-order chi connectivity index (χ0) is 23.4. The maximum Gasteiger partial charge on any atom is 0.187 e. The van der Waals surface area contributed by atoms with E-state index in [9.17, 15) is 9.50 Å². The van der Waals surface area contributed by atoms with Crippen molar-refractivity contribution in [3.8, 4) is 28.1 Å². The van der Waals surface area contributed by atoms with Gasteiger partial charge in [-0.2, -0.15) is 5.10 Å². The second-order valence-corrected chi connectivity index (χ2v) is 10.0. The first-order chi connectivity index (χ1) is 15.7. The molecule has 3 aromatic rings. The van der Waals surface area contributed by atoms with Crippen LogP contribution in [-0.4, -0.2) is 49.7 Å². The van der Waals surface area contributed by atoms with E-state index < -0.39 is 11.6 Å². The standard InChI is InChI=1S/C24H28F2N6O/c1-23-5-4-6-24(2,31-23)11-15(10-23)32(3)22-19(26)9-20(29-30-22)17-7-18(25)16(8-21(17)33)14-12-27-28-13-14/h7-9,12-13,15,31,33H,4-6,10-11H2,1-3H3,(H,27,28)/t15?,23-,24+. The first kappa shape index (κ1) is 21.8. The second kappa shape index (κ2) is 7.76. The van der Waals surface area contributed by atoms with Crippen molar-refractivity contribution in [2.45, 2.75) is 63.1 Å². The Bertz CT molecular complexity index is 1170. The molecular formula is C24H28F2N6O. The van der Waals surface area contributed by atoms with E-state index in [2.05, 4.69) is 39.6 Å². The molecule has 3 N–H and O–H groups in total. The average Bonchev–Trinajstić information content (AvgIpc) is 3.27. The molecule has 3 atom stereocenters. The van der Waals surface area contributed by atoms with E-state index in [1.807, 2.05) is 11.9 Å². The molecule has 1 aromatic carbocycles. The number of phenols is 1. The van der Waals surface area contributed by atoms with Crippen LogP contribution >= 0.6 is 0 Å². The molecular weight excluding hydrogens is 426 g/mol. The van der Waals surface area contributed by atoms with Gasteiger partial charge in [-0.05, 0) is 58.1 Å². The Morgan fingerprint density at radius 2 is 1.76 bits per heavy atom. The van der Waals surface area contributed by atoms with Gasteiger partial charge in [0.25, 0.3) is 0 Å². The zero-order valence-corrected chi connectivity index (χ0v) is 19.0. The number of aromatic nitrogens is 4. The molecule has 174 valence electrons. The van der Waals surface area contributed by atoms with Gasteiger partial charge < -0.3 is 15.3 Å². The number of hydrogen-bond acceptors (Lipinski definition) is 6. The molecule has 2 aromatic heterocycles. The van der Waals surface area contributed by atoms with Crippen molar-refractivity contribution in [1.29, 1.82) is 0 Å². The van der Waals surface area contributed by atoms with Crippen molar-refractivity contribution in [3.63, 3.8) is 0 Å². The predicted octanol–water partition coefficient (Wildman–Crippen LogP) is 4.41. The summed E-state index contributed by atoms with van der Waals surface area (Å²) in [5.74, 6) is -1.18. The van der Waals surface area contributed by atoms with E-state index in [1.165, 1.54) is 30.9 Å². The molecule has 0 amide bonds. The average molecular weight is 455 g/mol. The summed E-state index contributed by atoms with van der Waals surface area (Å²) in [6.07, 6.45) is 8.15. The number of nitrogens with zero attached hydrogens (tertiary/aromatic N) is 4. The Balaban J connectivity index is 1.43. The maximum absolute atomic E-state index is 15.2. The molecule has 0 aliphatic carbocycles. The molecule has 2 fully saturated rings. The van der Waals surface area contributed by atoms with Gasteiger partial charge >= 0.3 is 0 Å². The van der Waals surface area contributed by atoms with Crippen molar-refractivity contribution in [1.82, 2.24) is 25.7 Å². The van der Waals surface area contributed by atoms with Gasteiger partial charge in [-0.15, -0.1) is 10.2 Å². The highest BCUT2D eigenvalue weighted by Gasteiger charge is 2.47. The molecule has 9 heteroatoms. The number of anilines is 1. The molecule has 0 saturated carbocycles. The van der Waals surface area contributed by atoms with Crippen LogP contribution in [0.4, 0.5) is 14.6 Å². The number of H-pyrrole nitrogens is 1. The number of rotatable bonds is 4. The zero-order valence-electron chi connectivity index (χ0n) is 19.0. The molecule has 1 unspecified atom stereocenters. The third-order valence-electron chi connectivity index (χ3n) is 7.21. The normalized spacial score (nSPS) is 26.9. The minimum Gasteiger partial charge on any atom is -0.507 e. The number of aromatic amines is 1. The van der Waals surface area contributed by atoms with Gasteiger partial charge in [0.2, 0.25) is 0 Å². The van der Waals surface area contributed by atoms with Gasteiger partial charge in [-0.3, -0.25) is 5.10 Å². The van der Waals surface area contributed by atoms with Gasteiger partial charge in [-0.1, -0.05) is 0 Å². The van der Waals surface area contributed by atoms with E-state index in [1.54, 1.807) is 0 Å². The lowest BCUT2D eigenvalue weighted by atomic mass is 9.69. The number of hydrogen-bond donors (Lipinski definition) is 3. The predicted molar refractivity (Wildman–Crippen MR) is 122 cm³/mol. The van der Waals surface area contributed by atoms with Crippen LogP contribution in [0.5, 0.6) is 5.75 Å². The Hall–Kier alpha value is -3.07. The maximum atomic E-state index is 15.2. The van der Waals surface area contributed by atoms with Crippen LogP contribution in [0, 0.1) is 11.6 Å². The molecule has 0 spiro atoms. The molecule has 7 nitrogen and oxygen atoms in total. The summed E-state index contributed by atoms with van der Waals surface area (Å²) in [7, 11) is 1.85. The summed E-state index contributed by atoms with van der Waals surface area (Å²) in [4.78, 5) is 1.87. The lowest BCUT2D eigenvalue weighted by Crippen LogP contribution is -2.66. The molecule has 2 aliphatic rings. The lowest BCUT2D eigenvalue weighted by molar-refractivity contribution is 0.0782. The summed E-state index contributed by atoms with van der Waals surface area (Å²) < 4.78 is 29.9. The Kier molecular flexibility index (Phi) is 5.12.